The molecule has 0 aliphatic rings. The molecule has 0 bridgehead atoms. The molecule has 0 radical (unpaired) electrons. The fraction of sp³-hybridized carbons (Fsp3) is 0.409. The SMILES string of the molecule is COc1cc(CC(CC(O)CCc2ccccc2)C(=O)ON)cc(OC)c1OC. The van der Waals surface area contributed by atoms with Gasteiger partial charge in [-0.1, -0.05) is 30.3 Å². The van der Waals surface area contributed by atoms with Crippen molar-refractivity contribution in [1.29, 1.82) is 0 Å². The molecule has 3 N–H and O–H groups in total. The predicted molar refractivity (Wildman–Crippen MR) is 109 cm³/mol. The molecule has 0 saturated carbocycles. The summed E-state index contributed by atoms with van der Waals surface area (Å²) >= 11 is 0. The van der Waals surface area contributed by atoms with Gasteiger partial charge in [-0.05, 0) is 48.9 Å². The molecule has 2 aromatic rings. The number of carbonyl (C=O) groups is 1. The van der Waals surface area contributed by atoms with Gasteiger partial charge in [-0.2, -0.15) is 5.90 Å². The van der Waals surface area contributed by atoms with Crippen LogP contribution >= 0.6 is 0 Å². The second-order valence-corrected chi connectivity index (χ2v) is 6.79. The van der Waals surface area contributed by atoms with Crippen molar-refractivity contribution < 1.29 is 28.9 Å². The number of rotatable bonds is 11. The van der Waals surface area contributed by atoms with Crippen molar-refractivity contribution in [2.45, 2.75) is 31.8 Å². The van der Waals surface area contributed by atoms with Crippen molar-refractivity contribution in [1.82, 2.24) is 0 Å². The Morgan fingerprint density at radius 2 is 1.62 bits per heavy atom. The molecule has 2 rings (SSSR count). The van der Waals surface area contributed by atoms with Gasteiger partial charge in [0.05, 0.1) is 33.4 Å². The molecular formula is C22H29NO6. The fourth-order valence-corrected chi connectivity index (χ4v) is 3.32. The molecule has 7 heteroatoms. The number of ether oxygens (including phenoxy) is 3. The van der Waals surface area contributed by atoms with Crippen LogP contribution in [0.1, 0.15) is 24.0 Å². The van der Waals surface area contributed by atoms with Crippen LogP contribution in [0.5, 0.6) is 17.2 Å². The summed E-state index contributed by atoms with van der Waals surface area (Å²) < 4.78 is 16.0. The van der Waals surface area contributed by atoms with Crippen LogP contribution in [-0.2, 0) is 22.5 Å². The largest absolute Gasteiger partial charge is 0.493 e. The highest BCUT2D eigenvalue weighted by Crippen LogP contribution is 2.39. The van der Waals surface area contributed by atoms with Crippen LogP contribution in [0.25, 0.3) is 0 Å². The van der Waals surface area contributed by atoms with Gasteiger partial charge in [0.25, 0.3) is 0 Å². The van der Waals surface area contributed by atoms with Gasteiger partial charge in [0, 0.05) is 0 Å². The maximum atomic E-state index is 12.2. The molecular weight excluding hydrogens is 374 g/mol. The van der Waals surface area contributed by atoms with E-state index in [1.165, 1.54) is 21.3 Å². The zero-order valence-corrected chi connectivity index (χ0v) is 17.1. The summed E-state index contributed by atoms with van der Waals surface area (Å²) in [6.45, 7) is 0. The third-order valence-corrected chi connectivity index (χ3v) is 4.82. The second kappa shape index (κ2) is 11.3. The Kier molecular flexibility index (Phi) is 8.76. The Morgan fingerprint density at radius 3 is 2.14 bits per heavy atom. The number of methoxy groups -OCH3 is 3. The summed E-state index contributed by atoms with van der Waals surface area (Å²) in [6.07, 6.45) is 1.14. The van der Waals surface area contributed by atoms with Gasteiger partial charge in [-0.25, -0.2) is 0 Å². The van der Waals surface area contributed by atoms with Crippen molar-refractivity contribution in [3.63, 3.8) is 0 Å². The third kappa shape index (κ3) is 6.37. The number of nitrogens with two attached hydrogens (primary N) is 1. The molecule has 29 heavy (non-hydrogen) atoms. The molecule has 158 valence electrons. The molecule has 0 saturated heterocycles. The van der Waals surface area contributed by atoms with Gasteiger partial charge < -0.3 is 24.2 Å². The zero-order chi connectivity index (χ0) is 21.2. The molecule has 0 aliphatic carbocycles. The predicted octanol–water partition coefficient (Wildman–Crippen LogP) is 2.67. The molecule has 0 aromatic heterocycles. The first-order valence-electron chi connectivity index (χ1n) is 9.43. The first kappa shape index (κ1) is 22.5. The zero-order valence-electron chi connectivity index (χ0n) is 17.1. The van der Waals surface area contributed by atoms with Gasteiger partial charge in [0.2, 0.25) is 5.75 Å². The molecule has 0 fully saturated rings. The second-order valence-electron chi connectivity index (χ2n) is 6.79. The van der Waals surface area contributed by atoms with Crippen LogP contribution in [0.3, 0.4) is 0 Å². The molecule has 2 unspecified atom stereocenters. The lowest BCUT2D eigenvalue weighted by atomic mass is 9.91. The standard InChI is InChI=1S/C22H29NO6/c1-26-19-12-16(13-20(27-2)21(19)28-3)11-17(22(25)29-23)14-18(24)10-9-15-7-5-4-6-8-15/h4-8,12-13,17-18,24H,9-11,14,23H2,1-3H3. The normalized spacial score (nSPS) is 12.7. The van der Waals surface area contributed by atoms with E-state index in [2.05, 4.69) is 4.84 Å². The molecule has 2 aromatic carbocycles. The maximum absolute atomic E-state index is 12.2. The Morgan fingerprint density at radius 1 is 1.00 bits per heavy atom. The van der Waals surface area contributed by atoms with E-state index in [0.717, 1.165) is 17.5 Å². The highest BCUT2D eigenvalue weighted by molar-refractivity contribution is 5.72. The number of hydrogen-bond donors (Lipinski definition) is 2. The maximum Gasteiger partial charge on any atom is 0.327 e. The van der Waals surface area contributed by atoms with Crippen LogP contribution in [0.2, 0.25) is 0 Å². The number of carbonyl (C=O) groups excluding carboxylic acids is 1. The van der Waals surface area contributed by atoms with Gasteiger partial charge >= 0.3 is 5.97 Å². The smallest absolute Gasteiger partial charge is 0.327 e. The van der Waals surface area contributed by atoms with Gasteiger partial charge in [-0.15, -0.1) is 0 Å². The van der Waals surface area contributed by atoms with E-state index < -0.39 is 18.0 Å². The van der Waals surface area contributed by atoms with Gasteiger partial charge in [0.1, 0.15) is 0 Å². The van der Waals surface area contributed by atoms with Crippen molar-refractivity contribution >= 4 is 5.97 Å². The summed E-state index contributed by atoms with van der Waals surface area (Å²) in [7, 11) is 4.58. The Hall–Kier alpha value is -2.77. The van der Waals surface area contributed by atoms with E-state index in [9.17, 15) is 9.90 Å². The summed E-state index contributed by atoms with van der Waals surface area (Å²) in [4.78, 5) is 16.7. The lowest BCUT2D eigenvalue weighted by molar-refractivity contribution is -0.150. The average Bonchev–Trinajstić information content (AvgIpc) is 2.76. The quantitative estimate of drug-likeness (QED) is 0.556. The minimum atomic E-state index is -0.665. The number of benzene rings is 2. The fourth-order valence-electron chi connectivity index (χ4n) is 3.32. The van der Waals surface area contributed by atoms with Gasteiger partial charge in [-0.3, -0.25) is 4.79 Å². The van der Waals surface area contributed by atoms with E-state index >= 15 is 0 Å². The number of aliphatic hydroxyl groups is 1. The van der Waals surface area contributed by atoms with E-state index in [1.54, 1.807) is 12.1 Å². The van der Waals surface area contributed by atoms with Crippen LogP contribution in [-0.4, -0.2) is 38.5 Å². The van der Waals surface area contributed by atoms with E-state index in [0.29, 0.717) is 30.1 Å². The molecule has 7 nitrogen and oxygen atoms in total. The van der Waals surface area contributed by atoms with Crippen molar-refractivity contribution in [3.05, 3.63) is 53.6 Å². The molecule has 0 aliphatic heterocycles. The number of hydrogen-bond acceptors (Lipinski definition) is 7. The Bertz CT molecular complexity index is 755. The van der Waals surface area contributed by atoms with Crippen LogP contribution in [0.4, 0.5) is 0 Å². The first-order chi connectivity index (χ1) is 14.0. The lowest BCUT2D eigenvalue weighted by Crippen LogP contribution is -2.27. The van der Waals surface area contributed by atoms with Crippen molar-refractivity contribution in [3.8, 4) is 17.2 Å². The minimum Gasteiger partial charge on any atom is -0.493 e. The third-order valence-electron chi connectivity index (χ3n) is 4.82. The summed E-state index contributed by atoms with van der Waals surface area (Å²) in [5.41, 5.74) is 1.92. The summed E-state index contributed by atoms with van der Waals surface area (Å²) in [6, 6.07) is 13.4. The summed E-state index contributed by atoms with van der Waals surface area (Å²) in [5.74, 6) is 5.41. The molecule has 0 amide bonds. The topological polar surface area (TPSA) is 100 Å². The highest BCUT2D eigenvalue weighted by Gasteiger charge is 2.25. The Labute approximate surface area is 171 Å². The van der Waals surface area contributed by atoms with Gasteiger partial charge in [0.15, 0.2) is 11.5 Å². The van der Waals surface area contributed by atoms with Crippen LogP contribution in [0, 0.1) is 5.92 Å². The molecule has 0 heterocycles. The Balaban J connectivity index is 2.11. The van der Waals surface area contributed by atoms with E-state index in [4.69, 9.17) is 20.1 Å². The summed E-state index contributed by atoms with van der Waals surface area (Å²) in [5, 5.41) is 10.5. The minimum absolute atomic E-state index is 0.236. The first-order valence-corrected chi connectivity index (χ1v) is 9.43. The van der Waals surface area contributed by atoms with Crippen LogP contribution < -0.4 is 20.1 Å². The van der Waals surface area contributed by atoms with E-state index in [-0.39, 0.29) is 6.42 Å². The highest BCUT2D eigenvalue weighted by atomic mass is 16.7. The van der Waals surface area contributed by atoms with Crippen molar-refractivity contribution in [2.75, 3.05) is 21.3 Å². The molecule has 0 spiro atoms. The average molecular weight is 403 g/mol. The van der Waals surface area contributed by atoms with Crippen LogP contribution in [0.15, 0.2) is 42.5 Å². The number of aliphatic hydroxyl groups excluding tert-OH is 1. The van der Waals surface area contributed by atoms with Crippen molar-refractivity contribution in [2.24, 2.45) is 11.8 Å². The van der Waals surface area contributed by atoms with E-state index in [1.807, 2.05) is 30.3 Å². The lowest BCUT2D eigenvalue weighted by Gasteiger charge is -2.20. The number of aryl methyl sites for hydroxylation is 1. The molecule has 2 atom stereocenters. The monoisotopic (exact) mass is 403 g/mol.